The van der Waals surface area contributed by atoms with Crippen LogP contribution in [0, 0.1) is 5.41 Å². The number of fused-ring (bicyclic) bond motifs is 1. The predicted octanol–water partition coefficient (Wildman–Crippen LogP) is -0.784. The predicted molar refractivity (Wildman–Crippen MR) is 193 cm³/mol. The molecule has 0 radical (unpaired) electrons. The minimum atomic E-state index is -5.58. The molecule has 0 aliphatic carbocycles. The third-order valence-corrected chi connectivity index (χ3v) is 11.8. The molecule has 1 fully saturated rings. The zero-order valence-corrected chi connectivity index (χ0v) is 33.7. The van der Waals surface area contributed by atoms with Crippen LogP contribution in [-0.4, -0.2) is 134 Å². The Bertz CT molecular complexity index is 1820. The monoisotopic (exact) mass is 881 g/mol. The minimum Gasteiger partial charge on any atom is -0.393 e. The van der Waals surface area contributed by atoms with E-state index in [0.29, 0.717) is 6.42 Å². The van der Waals surface area contributed by atoms with Gasteiger partial charge in [0.05, 0.1) is 25.6 Å². The summed E-state index contributed by atoms with van der Waals surface area (Å²) in [5.74, 6) is -1.24. The lowest BCUT2D eigenvalue weighted by atomic mass is 9.87. The summed E-state index contributed by atoms with van der Waals surface area (Å²) in [6, 6.07) is 0. The molecule has 2 amide bonds. The van der Waals surface area contributed by atoms with Gasteiger partial charge in [0.15, 0.2) is 22.8 Å². The second-order valence-electron chi connectivity index (χ2n) is 12.9. The first-order valence-electron chi connectivity index (χ1n) is 16.7. The van der Waals surface area contributed by atoms with E-state index in [1.807, 2.05) is 6.92 Å². The number of carbonyl (C=O) groups excluding carboxylic acids is 3. The van der Waals surface area contributed by atoms with Crippen molar-refractivity contribution in [2.75, 3.05) is 37.8 Å². The molecule has 25 nitrogen and oxygen atoms in total. The second-order valence-corrected chi connectivity index (χ2v) is 18.3. The van der Waals surface area contributed by atoms with Crippen LogP contribution in [0.25, 0.3) is 11.2 Å². The van der Waals surface area contributed by atoms with Crippen LogP contribution in [-0.2, 0) is 50.7 Å². The van der Waals surface area contributed by atoms with Crippen molar-refractivity contribution in [2.45, 2.75) is 83.2 Å². The zero-order chi connectivity index (χ0) is 42.1. The van der Waals surface area contributed by atoms with Crippen molar-refractivity contribution in [3.63, 3.8) is 0 Å². The third kappa shape index (κ3) is 14.7. The number of imidazole rings is 1. The number of nitrogen functional groups attached to an aromatic ring is 1. The normalized spacial score (nSPS) is 22.2. The molecule has 0 saturated carbocycles. The maximum atomic E-state index is 12.7. The van der Waals surface area contributed by atoms with E-state index in [1.165, 1.54) is 13.8 Å². The van der Waals surface area contributed by atoms with E-state index in [1.54, 1.807) is 0 Å². The fraction of sp³-hybridized carbons (Fsp3) is 0.704. The van der Waals surface area contributed by atoms with Crippen molar-refractivity contribution in [2.24, 2.45) is 5.41 Å². The molecule has 0 spiro atoms. The molecule has 318 valence electrons. The third-order valence-electron chi connectivity index (χ3n) is 7.79. The Morgan fingerprint density at radius 2 is 1.73 bits per heavy atom. The van der Waals surface area contributed by atoms with E-state index in [2.05, 4.69) is 34.4 Å². The average molecular weight is 882 g/mol. The minimum absolute atomic E-state index is 0.00827. The largest absolute Gasteiger partial charge is 0.481 e. The molecule has 1 aliphatic rings. The van der Waals surface area contributed by atoms with Crippen LogP contribution < -0.4 is 16.4 Å². The van der Waals surface area contributed by atoms with Gasteiger partial charge in [-0.2, -0.15) is 4.31 Å². The van der Waals surface area contributed by atoms with Crippen molar-refractivity contribution in [1.29, 1.82) is 0 Å². The summed E-state index contributed by atoms with van der Waals surface area (Å²) in [5, 5.41) is 35.8. The highest BCUT2D eigenvalue weighted by Gasteiger charge is 2.50. The Balaban J connectivity index is 1.48. The number of hydrogen-bond donors (Lipinski definition) is 10. The van der Waals surface area contributed by atoms with E-state index < -0.39 is 90.7 Å². The van der Waals surface area contributed by atoms with Crippen LogP contribution in [0.5, 0.6) is 0 Å². The Hall–Kier alpha value is -2.48. The van der Waals surface area contributed by atoms with Gasteiger partial charge in [0.1, 0.15) is 36.3 Å². The highest BCUT2D eigenvalue weighted by molar-refractivity contribution is 8.13. The number of aliphatic hydroxyl groups is 3. The van der Waals surface area contributed by atoms with Gasteiger partial charge in [-0.1, -0.05) is 39.0 Å². The van der Waals surface area contributed by atoms with E-state index in [0.717, 1.165) is 35.4 Å². The van der Waals surface area contributed by atoms with Crippen molar-refractivity contribution in [3.8, 4) is 0 Å². The lowest BCUT2D eigenvalue weighted by molar-refractivity contribution is -0.137. The second kappa shape index (κ2) is 20.5. The summed E-state index contributed by atoms with van der Waals surface area (Å²) in [7, 11) is -16.4. The molecule has 11 N–H and O–H groups in total. The molecule has 3 rings (SSSR count). The van der Waals surface area contributed by atoms with Crippen molar-refractivity contribution < 1.29 is 85.6 Å². The van der Waals surface area contributed by atoms with Crippen LogP contribution in [0.2, 0.25) is 0 Å². The number of aromatic nitrogens is 4. The van der Waals surface area contributed by atoms with E-state index >= 15 is 0 Å². The van der Waals surface area contributed by atoms with Crippen LogP contribution >= 0.6 is 35.2 Å². The first-order valence-corrected chi connectivity index (χ1v) is 22.2. The quantitative estimate of drug-likeness (QED) is 0.0483. The average Bonchev–Trinajstić information content (AvgIpc) is 3.64. The molecule has 1 aliphatic heterocycles. The molecule has 2 aromatic heterocycles. The number of carbonyl (C=O) groups is 3. The van der Waals surface area contributed by atoms with Gasteiger partial charge in [-0.3, -0.25) is 32.5 Å². The number of phosphoric acid groups is 3. The van der Waals surface area contributed by atoms with E-state index in [4.69, 9.17) is 19.5 Å². The number of aliphatic hydroxyl groups excluding tert-OH is 3. The Morgan fingerprint density at radius 3 is 2.39 bits per heavy atom. The summed E-state index contributed by atoms with van der Waals surface area (Å²) >= 11 is 0.964. The summed E-state index contributed by atoms with van der Waals surface area (Å²) in [6.07, 6.45) is -6.45. The van der Waals surface area contributed by atoms with Crippen molar-refractivity contribution >= 4 is 69.1 Å². The molecular formula is C27H46N7O18P3S. The number of anilines is 1. The number of rotatable bonds is 23. The first kappa shape index (κ1) is 47.9. The van der Waals surface area contributed by atoms with Gasteiger partial charge < -0.3 is 56.0 Å². The summed E-state index contributed by atoms with van der Waals surface area (Å²) in [5.41, 5.74) is 4.24. The lowest BCUT2D eigenvalue weighted by Crippen LogP contribution is -2.46. The lowest BCUT2D eigenvalue weighted by Gasteiger charge is -2.30. The molecule has 2 unspecified atom stereocenters. The van der Waals surface area contributed by atoms with E-state index in [9.17, 15) is 63.0 Å². The van der Waals surface area contributed by atoms with Gasteiger partial charge in [0, 0.05) is 37.1 Å². The molecule has 0 aromatic carbocycles. The number of nitrogens with zero attached hydrogens (tertiary/aromatic N) is 4. The molecule has 0 bridgehead atoms. The molecule has 2 aromatic rings. The molecule has 56 heavy (non-hydrogen) atoms. The Morgan fingerprint density at radius 1 is 1.05 bits per heavy atom. The Labute approximate surface area is 323 Å². The zero-order valence-electron chi connectivity index (χ0n) is 30.2. The number of thioether (sulfide) groups is 1. The maximum Gasteiger partial charge on any atom is 0.481 e. The summed E-state index contributed by atoms with van der Waals surface area (Å²) in [4.78, 5) is 87.3. The summed E-state index contributed by atoms with van der Waals surface area (Å²) < 4.78 is 62.0. The number of ether oxygens (including phenoxy) is 1. The summed E-state index contributed by atoms with van der Waals surface area (Å²) in [6.45, 7) is 2.26. The molecular weight excluding hydrogens is 835 g/mol. The van der Waals surface area contributed by atoms with Crippen LogP contribution in [0.3, 0.4) is 0 Å². The fourth-order valence-corrected chi connectivity index (χ4v) is 8.55. The van der Waals surface area contributed by atoms with Gasteiger partial charge in [-0.05, 0) is 6.42 Å². The van der Waals surface area contributed by atoms with Crippen LogP contribution in [0.4, 0.5) is 5.82 Å². The van der Waals surface area contributed by atoms with Gasteiger partial charge in [-0.15, -0.1) is 0 Å². The highest BCUT2D eigenvalue weighted by atomic mass is 32.2. The van der Waals surface area contributed by atoms with Gasteiger partial charge in [-0.25, -0.2) is 28.6 Å². The molecule has 1 saturated heterocycles. The smallest absolute Gasteiger partial charge is 0.393 e. The fourth-order valence-electron chi connectivity index (χ4n) is 4.98. The number of phosphoric ester groups is 3. The maximum absolute atomic E-state index is 12.7. The Kier molecular flexibility index (Phi) is 17.5. The first-order chi connectivity index (χ1) is 25.9. The molecule has 29 heteroatoms. The van der Waals surface area contributed by atoms with Gasteiger partial charge in [0.25, 0.3) is 0 Å². The number of hydrogen-bond acceptors (Lipinski definition) is 19. The van der Waals surface area contributed by atoms with Crippen molar-refractivity contribution in [3.05, 3.63) is 12.7 Å². The van der Waals surface area contributed by atoms with Crippen molar-refractivity contribution in [1.82, 2.24) is 30.2 Å². The standard InChI is InChI=1S/C27H46N7O18P3S/c1-4-5-15(35)10-18(37)56-9-8-29-17(36)6-7-30-25(40)22(39)27(2,3)12-49-55(46,47)52-54(44,45)48-11-16-21(51-53(41,42)43)20(38)26(50-16)34-14-33-19-23(28)31-13-32-24(19)34/h13-16,20-22,26,35,38-39H,4-12H2,1-3H3,(H,29,36)(H,30,40)(H,44,45)(H,46,47)(H2,28,31,32)(H2,41,42,43)/t15-,16-,20-,21-,22+,26-/m1/s1. The highest BCUT2D eigenvalue weighted by Crippen LogP contribution is 2.61. The van der Waals surface area contributed by atoms with Crippen LogP contribution in [0.1, 0.15) is 52.7 Å². The van der Waals surface area contributed by atoms with Crippen LogP contribution in [0.15, 0.2) is 12.7 Å². The molecule has 8 atom stereocenters. The number of nitrogens with one attached hydrogen (secondary N) is 2. The molecule has 3 heterocycles. The number of nitrogens with two attached hydrogens (primary N) is 1. The topological polar surface area (TPSA) is 384 Å². The van der Waals surface area contributed by atoms with Gasteiger partial charge >= 0.3 is 23.5 Å². The van der Waals surface area contributed by atoms with Gasteiger partial charge in [0.2, 0.25) is 11.8 Å². The van der Waals surface area contributed by atoms with E-state index in [-0.39, 0.29) is 53.8 Å². The number of amides is 2. The SMILES string of the molecule is CCC[C@@H](O)CC(=O)SCCNC(=O)CCNC(=O)[C@H](O)C(C)(C)COP(=O)(O)OP(=O)(O)OC[C@H]1O[C@@H](n2cnc3c(N)ncnc32)[C@H](O)[C@@H]1OP(=O)(O)O.